The molecule has 1 aromatic carbocycles. The van der Waals surface area contributed by atoms with Crippen molar-refractivity contribution in [3.63, 3.8) is 0 Å². The maximum atomic E-state index is 13.3. The van der Waals surface area contributed by atoms with Crippen molar-refractivity contribution in [2.75, 3.05) is 13.2 Å². The molecule has 0 radical (unpaired) electrons. The zero-order chi connectivity index (χ0) is 29.7. The third-order valence-corrected chi connectivity index (χ3v) is 5.78. The van der Waals surface area contributed by atoms with Gasteiger partial charge in [0.25, 0.3) is 0 Å². The zero-order valence-electron chi connectivity index (χ0n) is 23.5. The molecular formula is C28H40N4O8. The highest BCUT2D eigenvalue weighted by molar-refractivity contribution is 5.93. The average molecular weight is 561 g/mol. The molecule has 0 saturated carbocycles. The molecule has 2 aliphatic heterocycles. The van der Waals surface area contributed by atoms with Gasteiger partial charge in [0.05, 0.1) is 0 Å². The van der Waals surface area contributed by atoms with Crippen LogP contribution in [0.2, 0.25) is 0 Å². The number of benzene rings is 1. The minimum Gasteiger partial charge on any atom is -0.490 e. The Morgan fingerprint density at radius 1 is 1.05 bits per heavy atom. The Morgan fingerprint density at radius 2 is 1.75 bits per heavy atom. The van der Waals surface area contributed by atoms with Gasteiger partial charge in [-0.1, -0.05) is 24.3 Å². The zero-order valence-corrected chi connectivity index (χ0v) is 23.5. The number of carbonyl (C=O) groups excluding carboxylic acids is 4. The molecule has 1 aromatic rings. The Hall–Kier alpha value is -4.09. The van der Waals surface area contributed by atoms with Gasteiger partial charge in [-0.15, -0.1) is 0 Å². The normalized spacial score (nSPS) is 20.4. The van der Waals surface area contributed by atoms with Crippen LogP contribution in [0.1, 0.15) is 58.9 Å². The molecular weight excluding hydrogens is 520 g/mol. The van der Waals surface area contributed by atoms with Crippen LogP contribution in [0.3, 0.4) is 0 Å². The number of amides is 4. The van der Waals surface area contributed by atoms with Gasteiger partial charge in [-0.2, -0.15) is 0 Å². The van der Waals surface area contributed by atoms with Crippen molar-refractivity contribution in [2.45, 2.75) is 83.5 Å². The van der Waals surface area contributed by atoms with Crippen molar-refractivity contribution < 1.29 is 38.6 Å². The highest BCUT2D eigenvalue weighted by atomic mass is 16.6. The first-order valence-electron chi connectivity index (χ1n) is 13.3. The number of carboxylic acids is 1. The molecule has 3 atom stereocenters. The number of unbranched alkanes of at least 4 members (excludes halogenated alkanes) is 1. The summed E-state index contributed by atoms with van der Waals surface area (Å²) in [6.45, 7) is 7.04. The van der Waals surface area contributed by atoms with Crippen molar-refractivity contribution in [1.82, 2.24) is 21.3 Å². The fourth-order valence-electron chi connectivity index (χ4n) is 3.87. The van der Waals surface area contributed by atoms with Crippen LogP contribution in [0.25, 0.3) is 0 Å². The van der Waals surface area contributed by atoms with E-state index in [1.165, 1.54) is 6.92 Å². The predicted molar refractivity (Wildman–Crippen MR) is 147 cm³/mol. The first-order valence-corrected chi connectivity index (χ1v) is 13.3. The number of ether oxygens (including phenoxy) is 2. The van der Waals surface area contributed by atoms with E-state index in [1.807, 2.05) is 0 Å². The Labute approximate surface area is 234 Å². The maximum absolute atomic E-state index is 13.3. The van der Waals surface area contributed by atoms with Gasteiger partial charge in [0.15, 0.2) is 0 Å². The summed E-state index contributed by atoms with van der Waals surface area (Å²) in [6.07, 6.45) is 3.96. The summed E-state index contributed by atoms with van der Waals surface area (Å²) in [7, 11) is 0. The van der Waals surface area contributed by atoms with Crippen LogP contribution in [0.4, 0.5) is 4.79 Å². The standard InChI is InChI=1S/C28H40N4O8/c1-18(33)30-23-17-19-11-13-20(14-12-19)39-16-8-6-10-22(26(36)37)32-24(34)21(31-25(23)35)9-5-7-15-29-27(38)40-28(2,3)4/h6,8,11-14,21-23H,5,7,9-10,15-17H2,1-4H3,(H,29,38)(H,30,33)(H,31,35)(H,32,34)(H,36,37)/t21-,22-,23-/m0/s1. The summed E-state index contributed by atoms with van der Waals surface area (Å²) in [5.41, 5.74) is 0.131. The van der Waals surface area contributed by atoms with Crippen LogP contribution >= 0.6 is 0 Å². The molecule has 4 amide bonds. The van der Waals surface area contributed by atoms with E-state index in [2.05, 4.69) is 21.3 Å². The number of hydrogen-bond donors (Lipinski definition) is 5. The first kappa shape index (κ1) is 32.1. The molecule has 220 valence electrons. The molecule has 0 saturated heterocycles. The molecule has 2 heterocycles. The quantitative estimate of drug-likeness (QED) is 0.248. The molecule has 3 rings (SSSR count). The van der Waals surface area contributed by atoms with Gasteiger partial charge >= 0.3 is 12.1 Å². The Bertz CT molecular complexity index is 1070. The Balaban J connectivity index is 2.19. The molecule has 0 fully saturated rings. The topological polar surface area (TPSA) is 172 Å². The summed E-state index contributed by atoms with van der Waals surface area (Å²) in [4.78, 5) is 61.9. The smallest absolute Gasteiger partial charge is 0.407 e. The van der Waals surface area contributed by atoms with Crippen LogP contribution in [-0.4, -0.2) is 71.8 Å². The summed E-state index contributed by atoms with van der Waals surface area (Å²) in [6, 6.07) is 3.77. The number of carbonyl (C=O) groups is 5. The van der Waals surface area contributed by atoms with Crippen LogP contribution in [0.15, 0.2) is 36.4 Å². The summed E-state index contributed by atoms with van der Waals surface area (Å²) in [5.74, 6) is -2.31. The van der Waals surface area contributed by atoms with Crippen LogP contribution in [0.5, 0.6) is 5.75 Å². The minimum absolute atomic E-state index is 0.0123. The van der Waals surface area contributed by atoms with Crippen molar-refractivity contribution in [3.8, 4) is 5.75 Å². The molecule has 0 aliphatic carbocycles. The monoisotopic (exact) mass is 560 g/mol. The largest absolute Gasteiger partial charge is 0.490 e. The van der Waals surface area contributed by atoms with E-state index in [0.29, 0.717) is 18.6 Å². The first-order chi connectivity index (χ1) is 18.8. The minimum atomic E-state index is -1.23. The van der Waals surface area contributed by atoms with Crippen molar-refractivity contribution in [3.05, 3.63) is 42.0 Å². The van der Waals surface area contributed by atoms with Crippen molar-refractivity contribution >= 4 is 29.8 Å². The van der Waals surface area contributed by atoms with E-state index in [1.54, 1.807) is 57.2 Å². The van der Waals surface area contributed by atoms with Crippen molar-refractivity contribution in [2.24, 2.45) is 0 Å². The van der Waals surface area contributed by atoms with Crippen LogP contribution in [0, 0.1) is 0 Å². The van der Waals surface area contributed by atoms with Gasteiger partial charge in [0.1, 0.15) is 36.1 Å². The molecule has 12 heteroatoms. The van der Waals surface area contributed by atoms with Gasteiger partial charge in [-0.25, -0.2) is 9.59 Å². The molecule has 40 heavy (non-hydrogen) atoms. The van der Waals surface area contributed by atoms with Gasteiger partial charge < -0.3 is 35.8 Å². The highest BCUT2D eigenvalue weighted by Crippen LogP contribution is 2.15. The fourth-order valence-corrected chi connectivity index (χ4v) is 3.87. The number of aliphatic carboxylic acids is 1. The lowest BCUT2D eigenvalue weighted by Gasteiger charge is -2.24. The van der Waals surface area contributed by atoms with E-state index >= 15 is 0 Å². The third-order valence-electron chi connectivity index (χ3n) is 5.78. The van der Waals surface area contributed by atoms with E-state index in [-0.39, 0.29) is 32.4 Å². The fraction of sp³-hybridized carbons (Fsp3) is 0.536. The highest BCUT2D eigenvalue weighted by Gasteiger charge is 2.29. The van der Waals surface area contributed by atoms with Gasteiger partial charge in [-0.3, -0.25) is 14.4 Å². The van der Waals surface area contributed by atoms with E-state index in [0.717, 1.165) is 5.56 Å². The summed E-state index contributed by atoms with van der Waals surface area (Å²) in [5, 5.41) is 20.1. The number of hydrogen-bond acceptors (Lipinski definition) is 7. The second-order valence-corrected chi connectivity index (χ2v) is 10.5. The number of carboxylic acid groups (broad SMARTS) is 1. The van der Waals surface area contributed by atoms with Crippen molar-refractivity contribution in [1.29, 1.82) is 0 Å². The lowest BCUT2D eigenvalue weighted by atomic mass is 10.0. The molecule has 2 bridgehead atoms. The summed E-state index contributed by atoms with van der Waals surface area (Å²) < 4.78 is 10.8. The average Bonchev–Trinajstić information content (AvgIpc) is 2.85. The lowest BCUT2D eigenvalue weighted by molar-refractivity contribution is -0.142. The molecule has 12 nitrogen and oxygen atoms in total. The van der Waals surface area contributed by atoms with E-state index in [9.17, 15) is 29.1 Å². The van der Waals surface area contributed by atoms with Gasteiger partial charge in [-0.05, 0) is 64.2 Å². The second kappa shape index (κ2) is 15.5. The molecule has 2 aliphatic rings. The maximum Gasteiger partial charge on any atom is 0.407 e. The number of rotatable bonds is 7. The van der Waals surface area contributed by atoms with E-state index < -0.39 is 53.5 Å². The molecule has 5 N–H and O–H groups in total. The Kier molecular flexibility index (Phi) is 12.4. The van der Waals surface area contributed by atoms with Gasteiger partial charge in [0, 0.05) is 19.9 Å². The molecule has 0 aromatic heterocycles. The van der Waals surface area contributed by atoms with Crippen LogP contribution in [-0.2, 0) is 30.3 Å². The van der Waals surface area contributed by atoms with Gasteiger partial charge in [0.2, 0.25) is 17.7 Å². The lowest BCUT2D eigenvalue weighted by Crippen LogP contribution is -2.56. The van der Waals surface area contributed by atoms with E-state index in [4.69, 9.17) is 9.47 Å². The Morgan fingerprint density at radius 3 is 2.38 bits per heavy atom. The molecule has 0 spiro atoms. The predicted octanol–water partition coefficient (Wildman–Crippen LogP) is 1.82. The third kappa shape index (κ3) is 12.2. The number of fused-ring (bicyclic) bond motifs is 13. The SMILES string of the molecule is CC(=O)N[C@H]1Cc2ccc(cc2)OCC=CC[C@@H](C(=O)O)NC(=O)[C@H](CCCCNC(=O)OC(C)(C)C)NC1=O. The molecule has 0 unspecified atom stereocenters. The second-order valence-electron chi connectivity index (χ2n) is 10.5. The number of nitrogens with one attached hydrogen (secondary N) is 4. The number of alkyl carbamates (subject to hydrolysis) is 1. The summed E-state index contributed by atoms with van der Waals surface area (Å²) >= 11 is 0. The van der Waals surface area contributed by atoms with Crippen LogP contribution < -0.4 is 26.0 Å².